The molecule has 2 amide bonds. The Morgan fingerprint density at radius 1 is 1.14 bits per heavy atom. The predicted molar refractivity (Wildman–Crippen MR) is 56.2 cm³/mol. The van der Waals surface area contributed by atoms with Crippen molar-refractivity contribution in [3.63, 3.8) is 0 Å². The number of halogens is 6. The van der Waals surface area contributed by atoms with E-state index in [2.05, 4.69) is 0 Å². The van der Waals surface area contributed by atoms with E-state index in [4.69, 9.17) is 69.8 Å². The van der Waals surface area contributed by atoms with Gasteiger partial charge in [-0.2, -0.15) is 4.42 Å². The Bertz CT molecular complexity index is 303. The molecule has 0 bridgehead atoms. The number of hydrogen-bond acceptors (Lipinski definition) is 2. The summed E-state index contributed by atoms with van der Waals surface area (Å²) in [6.07, 6.45) is 0. The number of carbonyl (C=O) groups excluding carboxylic acids is 2. The fraction of sp³-hybridized carbons (Fsp3) is 0.600. The van der Waals surface area contributed by atoms with Gasteiger partial charge in [0.05, 0.1) is 0 Å². The summed E-state index contributed by atoms with van der Waals surface area (Å²) >= 11 is 33.2. The SMILES string of the molecule is O=C1C(Cl)C(Cl)(Cl)C(Cl)(Cl)C(=O)N1Cl. The van der Waals surface area contributed by atoms with Crippen molar-refractivity contribution >= 4 is 81.6 Å². The number of hydrogen-bond donors (Lipinski definition) is 0. The lowest BCUT2D eigenvalue weighted by Gasteiger charge is -2.40. The molecule has 1 saturated heterocycles. The highest BCUT2D eigenvalue weighted by molar-refractivity contribution is 6.73. The summed E-state index contributed by atoms with van der Waals surface area (Å²) in [5.41, 5.74) is 0. The molecule has 1 heterocycles. The number of amides is 2. The molecule has 0 aliphatic carbocycles. The molecule has 80 valence electrons. The third-order valence-electron chi connectivity index (χ3n) is 1.59. The van der Waals surface area contributed by atoms with Crippen molar-refractivity contribution in [1.82, 2.24) is 4.42 Å². The summed E-state index contributed by atoms with van der Waals surface area (Å²) in [6, 6.07) is 0. The van der Waals surface area contributed by atoms with Crippen LogP contribution < -0.4 is 0 Å². The van der Waals surface area contributed by atoms with Crippen LogP contribution in [-0.2, 0) is 9.59 Å². The van der Waals surface area contributed by atoms with E-state index in [9.17, 15) is 9.59 Å². The Morgan fingerprint density at radius 2 is 1.57 bits per heavy atom. The standard InChI is InChI=1S/C5HCl6NO2/c6-1-2(13)12(11)3(14)5(9,10)4(1,7)8/h1H. The first-order chi connectivity index (χ1) is 6.14. The van der Waals surface area contributed by atoms with Crippen LogP contribution in [0.3, 0.4) is 0 Å². The normalized spacial score (nSPS) is 30.7. The summed E-state index contributed by atoms with van der Waals surface area (Å²) < 4.78 is -4.23. The van der Waals surface area contributed by atoms with Crippen LogP contribution in [0.25, 0.3) is 0 Å². The van der Waals surface area contributed by atoms with Crippen molar-refractivity contribution < 1.29 is 9.59 Å². The second-order valence-corrected chi connectivity index (χ2v) is 5.97. The molecule has 0 N–H and O–H groups in total. The topological polar surface area (TPSA) is 37.4 Å². The molecule has 1 aliphatic heterocycles. The molecule has 1 rings (SSSR count). The van der Waals surface area contributed by atoms with Gasteiger partial charge in [0.25, 0.3) is 11.8 Å². The zero-order chi connectivity index (χ0) is 11.3. The maximum absolute atomic E-state index is 11.3. The second-order valence-electron chi connectivity index (χ2n) is 2.48. The summed E-state index contributed by atoms with van der Waals surface area (Å²) in [5.74, 6) is -2.10. The Balaban J connectivity index is 3.24. The molecule has 1 fully saturated rings. The van der Waals surface area contributed by atoms with Crippen LogP contribution in [0.15, 0.2) is 0 Å². The first-order valence-corrected chi connectivity index (χ1v) is 5.36. The van der Waals surface area contributed by atoms with Gasteiger partial charge in [0.2, 0.25) is 4.33 Å². The lowest BCUT2D eigenvalue weighted by Crippen LogP contribution is -2.63. The van der Waals surface area contributed by atoms with E-state index in [1.54, 1.807) is 0 Å². The van der Waals surface area contributed by atoms with Gasteiger partial charge in [-0.3, -0.25) is 9.59 Å². The predicted octanol–water partition coefficient (Wildman–Crippen LogP) is 2.46. The van der Waals surface area contributed by atoms with Gasteiger partial charge in [0.15, 0.2) is 9.71 Å². The van der Waals surface area contributed by atoms with E-state index in [1.165, 1.54) is 0 Å². The number of imide groups is 1. The molecule has 0 spiro atoms. The monoisotopic (exact) mass is 317 g/mol. The molecule has 14 heavy (non-hydrogen) atoms. The Labute approximate surface area is 109 Å². The van der Waals surface area contributed by atoms with E-state index in [0.717, 1.165) is 0 Å². The van der Waals surface area contributed by atoms with Gasteiger partial charge in [-0.1, -0.05) is 46.4 Å². The molecular weight excluding hydrogens is 319 g/mol. The fourth-order valence-electron chi connectivity index (χ4n) is 0.780. The maximum Gasteiger partial charge on any atom is 0.283 e. The molecule has 0 radical (unpaired) electrons. The molecule has 9 heteroatoms. The largest absolute Gasteiger partial charge is 0.283 e. The highest BCUT2D eigenvalue weighted by Crippen LogP contribution is 2.51. The van der Waals surface area contributed by atoms with Crippen molar-refractivity contribution in [2.75, 3.05) is 0 Å². The zero-order valence-electron chi connectivity index (χ0n) is 6.11. The van der Waals surface area contributed by atoms with Gasteiger partial charge >= 0.3 is 0 Å². The summed E-state index contributed by atoms with van der Waals surface area (Å²) in [5, 5.41) is -1.50. The lowest BCUT2D eigenvalue weighted by molar-refractivity contribution is -0.142. The number of piperidine rings is 1. The highest BCUT2D eigenvalue weighted by atomic mass is 35.5. The zero-order valence-corrected chi connectivity index (χ0v) is 10.6. The van der Waals surface area contributed by atoms with Crippen molar-refractivity contribution in [3.05, 3.63) is 0 Å². The first kappa shape index (κ1) is 12.9. The van der Waals surface area contributed by atoms with Crippen molar-refractivity contribution in [2.24, 2.45) is 0 Å². The Hall–Kier alpha value is 0.880. The molecule has 1 aliphatic rings. The summed E-state index contributed by atoms with van der Waals surface area (Å²) in [6.45, 7) is 0. The van der Waals surface area contributed by atoms with Crippen LogP contribution in [0.5, 0.6) is 0 Å². The third-order valence-corrected chi connectivity index (χ3v) is 4.96. The number of rotatable bonds is 0. The van der Waals surface area contributed by atoms with Crippen LogP contribution in [0.1, 0.15) is 0 Å². The third kappa shape index (κ3) is 1.58. The van der Waals surface area contributed by atoms with Crippen LogP contribution in [0.2, 0.25) is 0 Å². The molecule has 0 saturated carbocycles. The quantitative estimate of drug-likeness (QED) is 0.391. The van der Waals surface area contributed by atoms with E-state index >= 15 is 0 Å². The molecule has 1 atom stereocenters. The van der Waals surface area contributed by atoms with Crippen molar-refractivity contribution in [1.29, 1.82) is 0 Å². The Morgan fingerprint density at radius 3 is 2.00 bits per heavy atom. The van der Waals surface area contributed by atoms with Crippen molar-refractivity contribution in [3.8, 4) is 0 Å². The van der Waals surface area contributed by atoms with Gasteiger partial charge in [0.1, 0.15) is 0 Å². The molecule has 0 aromatic heterocycles. The van der Waals surface area contributed by atoms with Crippen LogP contribution in [0, 0.1) is 0 Å². The fourth-order valence-corrected chi connectivity index (χ4v) is 2.25. The van der Waals surface area contributed by atoms with E-state index in [-0.39, 0.29) is 4.42 Å². The highest BCUT2D eigenvalue weighted by Gasteiger charge is 2.66. The smallest absolute Gasteiger partial charge is 0.271 e. The van der Waals surface area contributed by atoms with Gasteiger partial charge in [-0.05, 0) is 0 Å². The number of alkyl halides is 5. The van der Waals surface area contributed by atoms with Gasteiger partial charge in [-0.25, -0.2) is 0 Å². The van der Waals surface area contributed by atoms with E-state index in [1.807, 2.05) is 0 Å². The summed E-state index contributed by atoms with van der Waals surface area (Å²) in [7, 11) is 0. The van der Waals surface area contributed by atoms with Gasteiger partial charge in [0, 0.05) is 11.8 Å². The van der Waals surface area contributed by atoms with Gasteiger partial charge < -0.3 is 0 Å². The second kappa shape index (κ2) is 3.72. The number of carbonyl (C=O) groups is 2. The van der Waals surface area contributed by atoms with E-state index in [0.29, 0.717) is 0 Å². The van der Waals surface area contributed by atoms with Crippen LogP contribution in [0.4, 0.5) is 0 Å². The average molecular weight is 320 g/mol. The maximum atomic E-state index is 11.3. The lowest BCUT2D eigenvalue weighted by atomic mass is 10.1. The number of nitrogens with zero attached hydrogens (tertiary/aromatic N) is 1. The van der Waals surface area contributed by atoms with E-state index < -0.39 is 25.9 Å². The molecular formula is C5HCl6NO2. The minimum absolute atomic E-state index is 0.167. The first-order valence-electron chi connectivity index (χ1n) is 3.08. The minimum atomic E-state index is -2.27. The van der Waals surface area contributed by atoms with Gasteiger partial charge in [-0.15, -0.1) is 11.6 Å². The minimum Gasteiger partial charge on any atom is -0.271 e. The molecule has 0 aromatic rings. The summed E-state index contributed by atoms with van der Waals surface area (Å²) in [4.78, 5) is 22.5. The van der Waals surface area contributed by atoms with Crippen molar-refractivity contribution in [2.45, 2.75) is 14.0 Å². The molecule has 1 unspecified atom stereocenters. The van der Waals surface area contributed by atoms with Crippen LogP contribution in [-0.4, -0.2) is 30.3 Å². The molecule has 0 aromatic carbocycles. The average Bonchev–Trinajstić information content (AvgIpc) is 2.10. The van der Waals surface area contributed by atoms with Crippen LogP contribution >= 0.6 is 69.8 Å². The molecule has 3 nitrogen and oxygen atoms in total. The Kier molecular flexibility index (Phi) is 3.44.